The van der Waals surface area contributed by atoms with Crippen LogP contribution >= 0.6 is 0 Å². The molecule has 2 amide bonds. The summed E-state index contributed by atoms with van der Waals surface area (Å²) in [5.74, 6) is 0.934. The molecular formula is C19H24N4O. The summed E-state index contributed by atoms with van der Waals surface area (Å²) in [6.45, 7) is 6.84. The van der Waals surface area contributed by atoms with E-state index in [1.165, 1.54) is 5.56 Å². The number of aromatic nitrogens is 1. The first kappa shape index (κ1) is 16.3. The van der Waals surface area contributed by atoms with E-state index in [4.69, 9.17) is 0 Å². The molecule has 1 aliphatic heterocycles. The summed E-state index contributed by atoms with van der Waals surface area (Å²) < 4.78 is 0. The number of urea groups is 1. The van der Waals surface area contributed by atoms with E-state index in [2.05, 4.69) is 41.2 Å². The molecule has 1 aromatic heterocycles. The fourth-order valence-corrected chi connectivity index (χ4v) is 3.04. The number of hydrogen-bond acceptors (Lipinski definition) is 3. The Morgan fingerprint density at radius 2 is 1.96 bits per heavy atom. The van der Waals surface area contributed by atoms with Crippen molar-refractivity contribution >= 4 is 17.5 Å². The molecule has 1 aliphatic rings. The number of carbonyl (C=O) groups excluding carboxylic acids is 1. The van der Waals surface area contributed by atoms with Crippen LogP contribution in [0.15, 0.2) is 48.7 Å². The fourth-order valence-electron chi connectivity index (χ4n) is 3.04. The van der Waals surface area contributed by atoms with E-state index >= 15 is 0 Å². The smallest absolute Gasteiger partial charge is 0.322 e. The molecule has 24 heavy (non-hydrogen) atoms. The maximum Gasteiger partial charge on any atom is 0.322 e. The molecule has 5 heteroatoms. The zero-order valence-corrected chi connectivity index (χ0v) is 14.3. The summed E-state index contributed by atoms with van der Waals surface area (Å²) in [6, 6.07) is 14.1. The van der Waals surface area contributed by atoms with Crippen LogP contribution in [0.4, 0.5) is 16.3 Å². The van der Waals surface area contributed by atoms with Crippen molar-refractivity contribution in [3.05, 3.63) is 54.2 Å². The normalized spacial score (nSPS) is 16.4. The number of likely N-dealkylation sites (tertiary alicyclic amines) is 1. The van der Waals surface area contributed by atoms with Gasteiger partial charge in [-0.3, -0.25) is 0 Å². The molecule has 3 rings (SSSR count). The van der Waals surface area contributed by atoms with Crippen LogP contribution in [0, 0.1) is 0 Å². The lowest BCUT2D eigenvalue weighted by Gasteiger charge is -2.41. The zero-order valence-electron chi connectivity index (χ0n) is 14.3. The summed E-state index contributed by atoms with van der Waals surface area (Å²) in [6.07, 6.45) is 2.74. The highest BCUT2D eigenvalue weighted by Gasteiger charge is 2.33. The highest BCUT2D eigenvalue weighted by molar-refractivity contribution is 5.90. The molecular weight excluding hydrogens is 300 g/mol. The molecule has 5 nitrogen and oxygen atoms in total. The maximum atomic E-state index is 12.5. The van der Waals surface area contributed by atoms with Gasteiger partial charge in [0.05, 0.1) is 17.9 Å². The van der Waals surface area contributed by atoms with Crippen molar-refractivity contribution in [3.63, 3.8) is 0 Å². The maximum absolute atomic E-state index is 12.5. The van der Waals surface area contributed by atoms with Gasteiger partial charge in [0.15, 0.2) is 0 Å². The summed E-state index contributed by atoms with van der Waals surface area (Å²) >= 11 is 0. The van der Waals surface area contributed by atoms with E-state index in [-0.39, 0.29) is 12.1 Å². The third-order valence-corrected chi connectivity index (χ3v) is 4.55. The standard InChI is InChI=1S/C19H24N4O/c1-3-22(4-2)18-11-10-16(14-20-18)21-19(24)23-13-12-17(23)15-8-6-5-7-9-15/h5-11,14,17H,3-4,12-13H2,1-2H3,(H,21,24)/t17-/m0/s1. The van der Waals surface area contributed by atoms with Gasteiger partial charge in [-0.05, 0) is 38.0 Å². The summed E-state index contributed by atoms with van der Waals surface area (Å²) in [7, 11) is 0. The lowest BCUT2D eigenvalue weighted by Crippen LogP contribution is -2.47. The molecule has 1 atom stereocenters. The highest BCUT2D eigenvalue weighted by Crippen LogP contribution is 2.33. The summed E-state index contributed by atoms with van der Waals surface area (Å²) in [4.78, 5) is 21.0. The molecule has 0 radical (unpaired) electrons. The highest BCUT2D eigenvalue weighted by atomic mass is 16.2. The minimum Gasteiger partial charge on any atom is -0.357 e. The Hall–Kier alpha value is -2.56. The number of anilines is 2. The average Bonchev–Trinajstić information content (AvgIpc) is 2.57. The second kappa shape index (κ2) is 7.34. The van der Waals surface area contributed by atoms with Gasteiger partial charge in [-0.2, -0.15) is 0 Å². The third-order valence-electron chi connectivity index (χ3n) is 4.55. The third kappa shape index (κ3) is 3.35. The number of pyridine rings is 1. The summed E-state index contributed by atoms with van der Waals surface area (Å²) in [5, 5.41) is 2.95. The van der Waals surface area contributed by atoms with E-state index < -0.39 is 0 Å². The Balaban J connectivity index is 1.63. The van der Waals surface area contributed by atoms with Gasteiger partial charge in [0.1, 0.15) is 5.82 Å². The molecule has 1 fully saturated rings. The van der Waals surface area contributed by atoms with Crippen molar-refractivity contribution in [2.24, 2.45) is 0 Å². The minimum absolute atomic E-state index is 0.0625. The molecule has 1 saturated heterocycles. The van der Waals surface area contributed by atoms with Crippen molar-refractivity contribution in [1.82, 2.24) is 9.88 Å². The van der Waals surface area contributed by atoms with Gasteiger partial charge in [-0.25, -0.2) is 9.78 Å². The Morgan fingerprint density at radius 1 is 1.21 bits per heavy atom. The van der Waals surface area contributed by atoms with Gasteiger partial charge in [-0.1, -0.05) is 30.3 Å². The largest absolute Gasteiger partial charge is 0.357 e. The van der Waals surface area contributed by atoms with Crippen molar-refractivity contribution in [2.75, 3.05) is 29.9 Å². The number of nitrogens with one attached hydrogen (secondary N) is 1. The van der Waals surface area contributed by atoms with Gasteiger partial charge in [0.25, 0.3) is 0 Å². The molecule has 0 bridgehead atoms. The topological polar surface area (TPSA) is 48.5 Å². The first-order valence-electron chi connectivity index (χ1n) is 8.56. The SMILES string of the molecule is CCN(CC)c1ccc(NC(=O)N2CC[C@H]2c2ccccc2)cn1. The Kier molecular flexibility index (Phi) is 4.99. The van der Waals surface area contributed by atoms with Gasteiger partial charge >= 0.3 is 6.03 Å². The Bertz CT molecular complexity index is 668. The molecule has 0 spiro atoms. The fraction of sp³-hybridized carbons (Fsp3) is 0.368. The van der Waals surface area contributed by atoms with Crippen LogP contribution in [0.3, 0.4) is 0 Å². The van der Waals surface area contributed by atoms with Gasteiger partial charge in [0, 0.05) is 19.6 Å². The van der Waals surface area contributed by atoms with Crippen molar-refractivity contribution in [3.8, 4) is 0 Å². The second-order valence-electron chi connectivity index (χ2n) is 5.92. The van der Waals surface area contributed by atoms with Crippen LogP contribution in [-0.4, -0.2) is 35.5 Å². The molecule has 2 heterocycles. The van der Waals surface area contributed by atoms with Gasteiger partial charge in [0.2, 0.25) is 0 Å². The molecule has 0 unspecified atom stereocenters. The number of carbonyl (C=O) groups is 1. The van der Waals surface area contributed by atoms with Crippen molar-refractivity contribution in [2.45, 2.75) is 26.3 Å². The molecule has 2 aromatic rings. The first-order valence-corrected chi connectivity index (χ1v) is 8.56. The predicted octanol–water partition coefficient (Wildman–Crippen LogP) is 3.91. The molecule has 0 saturated carbocycles. The Labute approximate surface area is 143 Å². The number of rotatable bonds is 5. The van der Waals surface area contributed by atoms with Crippen LogP contribution in [0.2, 0.25) is 0 Å². The van der Waals surface area contributed by atoms with Crippen LogP contribution in [0.1, 0.15) is 31.9 Å². The quantitative estimate of drug-likeness (QED) is 0.907. The molecule has 0 aliphatic carbocycles. The van der Waals surface area contributed by atoms with Crippen molar-refractivity contribution < 1.29 is 4.79 Å². The zero-order chi connectivity index (χ0) is 16.9. The van der Waals surface area contributed by atoms with Crippen LogP contribution in [0.5, 0.6) is 0 Å². The Morgan fingerprint density at radius 3 is 2.50 bits per heavy atom. The number of nitrogens with zero attached hydrogens (tertiary/aromatic N) is 3. The number of benzene rings is 1. The number of amides is 2. The van der Waals surface area contributed by atoms with E-state index in [0.29, 0.717) is 0 Å². The first-order chi connectivity index (χ1) is 11.7. The second-order valence-corrected chi connectivity index (χ2v) is 5.92. The van der Waals surface area contributed by atoms with Gasteiger partial charge < -0.3 is 15.1 Å². The molecule has 126 valence electrons. The van der Waals surface area contributed by atoms with Crippen LogP contribution < -0.4 is 10.2 Å². The van der Waals surface area contributed by atoms with E-state index in [1.807, 2.05) is 35.2 Å². The minimum atomic E-state index is -0.0625. The molecule has 1 N–H and O–H groups in total. The summed E-state index contributed by atoms with van der Waals surface area (Å²) in [5.41, 5.74) is 1.92. The molecule has 1 aromatic carbocycles. The lowest BCUT2D eigenvalue weighted by molar-refractivity contribution is 0.126. The van der Waals surface area contributed by atoms with Crippen molar-refractivity contribution in [1.29, 1.82) is 0 Å². The van der Waals surface area contributed by atoms with E-state index in [0.717, 1.165) is 37.6 Å². The van der Waals surface area contributed by atoms with Crippen LogP contribution in [0.25, 0.3) is 0 Å². The van der Waals surface area contributed by atoms with Crippen LogP contribution in [-0.2, 0) is 0 Å². The predicted molar refractivity (Wildman–Crippen MR) is 97.3 cm³/mol. The van der Waals surface area contributed by atoms with Gasteiger partial charge in [-0.15, -0.1) is 0 Å². The lowest BCUT2D eigenvalue weighted by atomic mass is 9.95. The number of hydrogen-bond donors (Lipinski definition) is 1. The average molecular weight is 324 g/mol. The monoisotopic (exact) mass is 324 g/mol. The van der Waals surface area contributed by atoms with E-state index in [9.17, 15) is 4.79 Å². The van der Waals surface area contributed by atoms with E-state index in [1.54, 1.807) is 6.20 Å².